The van der Waals surface area contributed by atoms with Gasteiger partial charge in [0.2, 0.25) is 0 Å². The zero-order valence-corrected chi connectivity index (χ0v) is 12.2. The van der Waals surface area contributed by atoms with Crippen molar-refractivity contribution in [1.82, 2.24) is 0 Å². The molecule has 2 rings (SSSR count). The molecule has 0 radical (unpaired) electrons. The number of hydrogen-bond donors (Lipinski definition) is 2. The van der Waals surface area contributed by atoms with Crippen LogP contribution in [0.2, 0.25) is 0 Å². The molecule has 0 unspecified atom stereocenters. The lowest BCUT2D eigenvalue weighted by atomic mass is 10.3. The van der Waals surface area contributed by atoms with Gasteiger partial charge in [-0.1, -0.05) is 6.07 Å². The highest BCUT2D eigenvalue weighted by Crippen LogP contribution is 2.32. The summed E-state index contributed by atoms with van der Waals surface area (Å²) >= 11 is 8.59. The molecule has 0 saturated heterocycles. The van der Waals surface area contributed by atoms with Crippen molar-refractivity contribution in [2.45, 2.75) is 6.54 Å². The second-order valence-corrected chi connectivity index (χ2v) is 6.55. The van der Waals surface area contributed by atoms with E-state index in [-0.39, 0.29) is 5.75 Å². The Morgan fingerprint density at radius 1 is 1.25 bits per heavy atom. The van der Waals surface area contributed by atoms with E-state index in [0.717, 1.165) is 20.5 Å². The first-order chi connectivity index (χ1) is 7.65. The fourth-order valence-corrected chi connectivity index (χ4v) is 3.40. The first kappa shape index (κ1) is 12.0. The summed E-state index contributed by atoms with van der Waals surface area (Å²) in [6.07, 6.45) is 0. The van der Waals surface area contributed by atoms with Crippen molar-refractivity contribution >= 4 is 48.9 Å². The molecule has 0 saturated carbocycles. The minimum atomic E-state index is 0.276. The summed E-state index contributed by atoms with van der Waals surface area (Å²) in [6, 6.07) is 9.18. The van der Waals surface area contributed by atoms with Crippen LogP contribution in [0.4, 0.5) is 5.69 Å². The minimum Gasteiger partial charge on any atom is -0.508 e. The number of rotatable bonds is 3. The van der Waals surface area contributed by atoms with Crippen molar-refractivity contribution < 1.29 is 5.11 Å². The second kappa shape index (κ2) is 5.21. The molecule has 1 aromatic heterocycles. The monoisotopic (exact) mass is 361 g/mol. The summed E-state index contributed by atoms with van der Waals surface area (Å²) in [6.45, 7) is 0.748. The Balaban J connectivity index is 2.02. The molecule has 1 heterocycles. The smallest absolute Gasteiger partial charge is 0.117 e. The minimum absolute atomic E-state index is 0.276. The largest absolute Gasteiger partial charge is 0.508 e. The predicted octanol–water partition coefficient (Wildman–Crippen LogP) is 4.59. The maximum absolute atomic E-state index is 9.31. The van der Waals surface area contributed by atoms with Crippen LogP contribution in [0.25, 0.3) is 0 Å². The molecule has 2 aromatic rings. The number of aromatic hydroxyl groups is 1. The van der Waals surface area contributed by atoms with Crippen molar-refractivity contribution in [2.75, 3.05) is 5.32 Å². The molecular formula is C11H9Br2NOS. The Morgan fingerprint density at radius 3 is 2.69 bits per heavy atom. The van der Waals surface area contributed by atoms with Crippen LogP contribution in [0.15, 0.2) is 38.6 Å². The van der Waals surface area contributed by atoms with Gasteiger partial charge >= 0.3 is 0 Å². The molecule has 0 aliphatic carbocycles. The highest BCUT2D eigenvalue weighted by Gasteiger charge is 2.03. The molecule has 2 N–H and O–H groups in total. The highest BCUT2D eigenvalue weighted by atomic mass is 79.9. The van der Waals surface area contributed by atoms with Gasteiger partial charge in [0.1, 0.15) is 5.75 Å². The van der Waals surface area contributed by atoms with E-state index >= 15 is 0 Å². The van der Waals surface area contributed by atoms with Crippen LogP contribution in [-0.4, -0.2) is 5.11 Å². The zero-order valence-electron chi connectivity index (χ0n) is 8.21. The molecule has 0 aliphatic rings. The van der Waals surface area contributed by atoms with Crippen LogP contribution in [0.1, 0.15) is 4.88 Å². The molecule has 16 heavy (non-hydrogen) atoms. The molecule has 0 bridgehead atoms. The number of phenols is 1. The third kappa shape index (κ3) is 2.99. The third-order valence-electron chi connectivity index (χ3n) is 2.01. The van der Waals surface area contributed by atoms with E-state index in [0.29, 0.717) is 0 Å². The molecule has 0 spiro atoms. The van der Waals surface area contributed by atoms with Gasteiger partial charge in [0.15, 0.2) is 0 Å². The Bertz CT molecular complexity index is 479. The summed E-state index contributed by atoms with van der Waals surface area (Å²) < 4.78 is 2.17. The van der Waals surface area contributed by atoms with Crippen LogP contribution in [0, 0.1) is 0 Å². The van der Waals surface area contributed by atoms with E-state index in [2.05, 4.69) is 43.2 Å². The summed E-state index contributed by atoms with van der Waals surface area (Å²) in [5.74, 6) is 0.276. The normalized spacial score (nSPS) is 10.4. The van der Waals surface area contributed by atoms with Gasteiger partial charge in [-0.15, -0.1) is 11.3 Å². The number of thiophene rings is 1. The maximum atomic E-state index is 9.31. The van der Waals surface area contributed by atoms with Crippen LogP contribution < -0.4 is 5.32 Å². The van der Waals surface area contributed by atoms with E-state index in [4.69, 9.17) is 0 Å². The van der Waals surface area contributed by atoms with Gasteiger partial charge in [0.25, 0.3) is 0 Å². The highest BCUT2D eigenvalue weighted by molar-refractivity contribution is 9.13. The Morgan fingerprint density at radius 2 is 2.06 bits per heavy atom. The van der Waals surface area contributed by atoms with Crippen LogP contribution in [0.3, 0.4) is 0 Å². The number of nitrogens with one attached hydrogen (secondary N) is 1. The number of benzene rings is 1. The zero-order chi connectivity index (χ0) is 11.5. The lowest BCUT2D eigenvalue weighted by Crippen LogP contribution is -1.96. The number of hydrogen-bond acceptors (Lipinski definition) is 3. The van der Waals surface area contributed by atoms with Crippen molar-refractivity contribution in [1.29, 1.82) is 0 Å². The molecule has 0 atom stereocenters. The van der Waals surface area contributed by atoms with Crippen molar-refractivity contribution in [3.8, 4) is 5.75 Å². The fourth-order valence-electron chi connectivity index (χ4n) is 1.28. The van der Waals surface area contributed by atoms with Gasteiger partial charge in [-0.3, -0.25) is 0 Å². The van der Waals surface area contributed by atoms with Gasteiger partial charge in [0.05, 0.1) is 3.79 Å². The first-order valence-electron chi connectivity index (χ1n) is 4.62. The topological polar surface area (TPSA) is 32.3 Å². The van der Waals surface area contributed by atoms with Gasteiger partial charge in [-0.25, -0.2) is 0 Å². The summed E-state index contributed by atoms with van der Waals surface area (Å²) in [5, 5.41) is 12.6. The first-order valence-corrected chi connectivity index (χ1v) is 7.02. The molecular weight excluding hydrogens is 354 g/mol. The Labute approximate surface area is 115 Å². The molecule has 84 valence electrons. The lowest BCUT2D eigenvalue weighted by molar-refractivity contribution is 0.475. The van der Waals surface area contributed by atoms with Crippen molar-refractivity contribution in [2.24, 2.45) is 0 Å². The Hall–Kier alpha value is -0.520. The fraction of sp³-hybridized carbons (Fsp3) is 0.0909. The molecule has 1 aromatic carbocycles. The van der Waals surface area contributed by atoms with E-state index in [1.54, 1.807) is 23.5 Å². The molecule has 0 fully saturated rings. The third-order valence-corrected chi connectivity index (χ3v) is 5.27. The quantitative estimate of drug-likeness (QED) is 0.836. The van der Waals surface area contributed by atoms with E-state index in [1.165, 1.54) is 4.88 Å². The van der Waals surface area contributed by atoms with Gasteiger partial charge in [-0.2, -0.15) is 0 Å². The van der Waals surface area contributed by atoms with Crippen molar-refractivity contribution in [3.05, 3.63) is 43.5 Å². The Kier molecular flexibility index (Phi) is 3.89. The maximum Gasteiger partial charge on any atom is 0.117 e. The van der Waals surface area contributed by atoms with Crippen LogP contribution in [0.5, 0.6) is 5.75 Å². The van der Waals surface area contributed by atoms with E-state index in [9.17, 15) is 5.11 Å². The standard InChI is InChI=1S/C11H9Br2NOS/c12-10-5-9(16-11(10)13)6-14-7-2-1-3-8(15)4-7/h1-5,14-15H,6H2. The van der Waals surface area contributed by atoms with Crippen molar-refractivity contribution in [3.63, 3.8) is 0 Å². The van der Waals surface area contributed by atoms with Gasteiger partial charge < -0.3 is 10.4 Å². The second-order valence-electron chi connectivity index (χ2n) is 3.24. The predicted molar refractivity (Wildman–Crippen MR) is 75.2 cm³/mol. The van der Waals surface area contributed by atoms with E-state index in [1.807, 2.05) is 12.1 Å². The van der Waals surface area contributed by atoms with Crippen LogP contribution in [-0.2, 0) is 6.54 Å². The van der Waals surface area contributed by atoms with Gasteiger partial charge in [-0.05, 0) is 50.1 Å². The number of phenolic OH excluding ortho intramolecular Hbond substituents is 1. The summed E-state index contributed by atoms with van der Waals surface area (Å²) in [5.41, 5.74) is 0.917. The SMILES string of the molecule is Oc1cccc(NCc2cc(Br)c(Br)s2)c1. The van der Waals surface area contributed by atoms with E-state index < -0.39 is 0 Å². The molecule has 0 aliphatic heterocycles. The molecule has 0 amide bonds. The summed E-state index contributed by atoms with van der Waals surface area (Å²) in [7, 11) is 0. The van der Waals surface area contributed by atoms with Gasteiger partial charge in [0, 0.05) is 27.6 Å². The summed E-state index contributed by atoms with van der Waals surface area (Å²) in [4.78, 5) is 1.22. The number of halogens is 2. The molecule has 2 nitrogen and oxygen atoms in total. The van der Waals surface area contributed by atoms with Crippen LogP contribution >= 0.6 is 43.2 Å². The lowest BCUT2D eigenvalue weighted by Gasteiger charge is -2.04. The number of anilines is 1. The average Bonchev–Trinajstić information content (AvgIpc) is 2.56. The average molecular weight is 363 g/mol. The molecule has 5 heteroatoms.